The minimum atomic E-state index is -4.93. The molecule has 2 aromatic carbocycles. The van der Waals surface area contributed by atoms with E-state index >= 15 is 0 Å². The lowest BCUT2D eigenvalue weighted by atomic mass is 10.1. The van der Waals surface area contributed by atoms with Crippen molar-refractivity contribution in [3.05, 3.63) is 69.5 Å². The van der Waals surface area contributed by atoms with Crippen molar-refractivity contribution in [3.8, 4) is 0 Å². The molecule has 0 heterocycles. The minimum Gasteiger partial charge on any atom is -0.322 e. The number of rotatable bonds is 3. The van der Waals surface area contributed by atoms with Crippen molar-refractivity contribution in [2.24, 2.45) is 0 Å². The molecule has 120 valence electrons. The molecule has 0 aromatic heterocycles. The van der Waals surface area contributed by atoms with Crippen molar-refractivity contribution in [2.45, 2.75) is 6.18 Å². The van der Waals surface area contributed by atoms with Gasteiger partial charge in [-0.05, 0) is 24.3 Å². The number of halogens is 4. The van der Waals surface area contributed by atoms with Crippen molar-refractivity contribution in [3.63, 3.8) is 0 Å². The first-order chi connectivity index (χ1) is 10.7. The van der Waals surface area contributed by atoms with Crippen molar-refractivity contribution in [2.75, 3.05) is 5.32 Å². The number of nitrogens with one attached hydrogen (secondary N) is 1. The number of hydrogen-bond donors (Lipinski definition) is 1. The highest BCUT2D eigenvalue weighted by atomic mass is 19.4. The zero-order valence-corrected chi connectivity index (χ0v) is 11.2. The van der Waals surface area contributed by atoms with E-state index in [0.29, 0.717) is 12.1 Å². The van der Waals surface area contributed by atoms with Crippen molar-refractivity contribution >= 4 is 17.3 Å². The normalized spacial score (nSPS) is 11.1. The molecule has 0 spiro atoms. The van der Waals surface area contributed by atoms with Crippen LogP contribution in [0.3, 0.4) is 0 Å². The van der Waals surface area contributed by atoms with Crippen LogP contribution in [-0.4, -0.2) is 10.8 Å². The Bertz CT molecular complexity index is 775. The Balaban J connectivity index is 2.34. The monoisotopic (exact) mass is 328 g/mol. The van der Waals surface area contributed by atoms with Gasteiger partial charge in [0.1, 0.15) is 11.4 Å². The Kier molecular flexibility index (Phi) is 4.30. The maximum atomic E-state index is 13.2. The molecule has 0 saturated heterocycles. The van der Waals surface area contributed by atoms with Gasteiger partial charge in [-0.15, -0.1) is 0 Å². The van der Waals surface area contributed by atoms with Crippen LogP contribution < -0.4 is 5.32 Å². The van der Waals surface area contributed by atoms with E-state index in [2.05, 4.69) is 5.32 Å². The molecule has 2 rings (SSSR count). The number of benzene rings is 2. The van der Waals surface area contributed by atoms with Gasteiger partial charge in [0.2, 0.25) is 0 Å². The SMILES string of the molecule is O=C(Nc1ccc(F)c(C(F)(F)F)c1)c1ccccc1[N+](=O)[O-]. The highest BCUT2D eigenvalue weighted by Crippen LogP contribution is 2.33. The fourth-order valence-electron chi connectivity index (χ4n) is 1.84. The molecular formula is C14H8F4N2O3. The van der Waals surface area contributed by atoms with Crippen LogP contribution >= 0.6 is 0 Å². The van der Waals surface area contributed by atoms with E-state index in [1.165, 1.54) is 12.1 Å². The van der Waals surface area contributed by atoms with Crippen molar-refractivity contribution in [1.29, 1.82) is 0 Å². The molecule has 9 heteroatoms. The van der Waals surface area contributed by atoms with Gasteiger partial charge in [0.15, 0.2) is 0 Å². The molecule has 0 atom stereocenters. The zero-order chi connectivity index (χ0) is 17.2. The number of nitro benzene ring substituents is 1. The third-order valence-corrected chi connectivity index (χ3v) is 2.88. The smallest absolute Gasteiger partial charge is 0.322 e. The van der Waals surface area contributed by atoms with Gasteiger partial charge in [-0.1, -0.05) is 12.1 Å². The predicted octanol–water partition coefficient (Wildman–Crippen LogP) is 4.01. The first kappa shape index (κ1) is 16.4. The predicted molar refractivity (Wildman–Crippen MR) is 72.5 cm³/mol. The number of para-hydroxylation sites is 1. The maximum absolute atomic E-state index is 13.2. The van der Waals surface area contributed by atoms with Crippen molar-refractivity contribution < 1.29 is 27.3 Å². The average Bonchev–Trinajstić information content (AvgIpc) is 2.48. The van der Waals surface area contributed by atoms with Gasteiger partial charge in [-0.3, -0.25) is 14.9 Å². The third kappa shape index (κ3) is 3.62. The van der Waals surface area contributed by atoms with E-state index in [4.69, 9.17) is 0 Å². The van der Waals surface area contributed by atoms with Gasteiger partial charge in [-0.25, -0.2) is 4.39 Å². The molecule has 0 aliphatic heterocycles. The van der Waals surface area contributed by atoms with E-state index in [-0.39, 0.29) is 11.3 Å². The zero-order valence-electron chi connectivity index (χ0n) is 11.2. The number of hydrogen-bond acceptors (Lipinski definition) is 3. The summed E-state index contributed by atoms with van der Waals surface area (Å²) in [5.41, 5.74) is -2.70. The largest absolute Gasteiger partial charge is 0.419 e. The van der Waals surface area contributed by atoms with Crippen LogP contribution in [0.4, 0.5) is 28.9 Å². The Labute approximate surface area is 126 Å². The van der Waals surface area contributed by atoms with Gasteiger partial charge in [0, 0.05) is 11.8 Å². The number of carbonyl (C=O) groups excluding carboxylic acids is 1. The molecule has 2 aromatic rings. The Morgan fingerprint density at radius 2 is 1.78 bits per heavy atom. The Morgan fingerprint density at radius 1 is 1.13 bits per heavy atom. The van der Waals surface area contributed by atoms with E-state index in [9.17, 15) is 32.5 Å². The highest BCUT2D eigenvalue weighted by Gasteiger charge is 2.34. The fraction of sp³-hybridized carbons (Fsp3) is 0.0714. The fourth-order valence-corrected chi connectivity index (χ4v) is 1.84. The van der Waals surface area contributed by atoms with Crippen LogP contribution in [0, 0.1) is 15.9 Å². The third-order valence-electron chi connectivity index (χ3n) is 2.88. The molecular weight excluding hydrogens is 320 g/mol. The maximum Gasteiger partial charge on any atom is 0.419 e. The summed E-state index contributed by atoms with van der Waals surface area (Å²) in [4.78, 5) is 22.0. The Hall–Kier alpha value is -2.97. The van der Waals surface area contributed by atoms with Gasteiger partial charge in [-0.2, -0.15) is 13.2 Å². The number of alkyl halides is 3. The van der Waals surface area contributed by atoms with Gasteiger partial charge in [0.25, 0.3) is 11.6 Å². The lowest BCUT2D eigenvalue weighted by Gasteiger charge is -2.11. The molecule has 0 bridgehead atoms. The molecule has 0 unspecified atom stereocenters. The second-order valence-electron chi connectivity index (χ2n) is 4.42. The summed E-state index contributed by atoms with van der Waals surface area (Å²) in [6.07, 6.45) is -4.93. The molecule has 5 nitrogen and oxygen atoms in total. The molecule has 0 fully saturated rings. The lowest BCUT2D eigenvalue weighted by molar-refractivity contribution is -0.385. The van der Waals surface area contributed by atoms with Gasteiger partial charge < -0.3 is 5.32 Å². The lowest BCUT2D eigenvalue weighted by Crippen LogP contribution is -2.15. The number of carbonyl (C=O) groups is 1. The van der Waals surface area contributed by atoms with Crippen LogP contribution in [0.5, 0.6) is 0 Å². The first-order valence-electron chi connectivity index (χ1n) is 6.11. The highest BCUT2D eigenvalue weighted by molar-refractivity contribution is 6.07. The number of amides is 1. The summed E-state index contributed by atoms with van der Waals surface area (Å²) < 4.78 is 51.0. The molecule has 0 aliphatic carbocycles. The summed E-state index contributed by atoms with van der Waals surface area (Å²) in [7, 11) is 0. The summed E-state index contributed by atoms with van der Waals surface area (Å²) in [5, 5.41) is 12.9. The number of nitro groups is 1. The molecule has 1 N–H and O–H groups in total. The number of nitrogens with zero attached hydrogens (tertiary/aromatic N) is 1. The topological polar surface area (TPSA) is 72.2 Å². The van der Waals surface area contributed by atoms with Gasteiger partial charge >= 0.3 is 6.18 Å². The second-order valence-corrected chi connectivity index (χ2v) is 4.42. The molecule has 0 saturated carbocycles. The molecule has 23 heavy (non-hydrogen) atoms. The molecule has 1 amide bonds. The quantitative estimate of drug-likeness (QED) is 0.526. The van der Waals surface area contributed by atoms with Gasteiger partial charge in [0.05, 0.1) is 10.5 Å². The van der Waals surface area contributed by atoms with E-state index < -0.39 is 34.1 Å². The summed E-state index contributed by atoms with van der Waals surface area (Å²) in [6.45, 7) is 0. The van der Waals surface area contributed by atoms with E-state index in [1.54, 1.807) is 0 Å². The van der Waals surface area contributed by atoms with E-state index in [0.717, 1.165) is 18.2 Å². The van der Waals surface area contributed by atoms with Crippen LogP contribution in [-0.2, 0) is 6.18 Å². The standard InChI is InChI=1S/C14H8F4N2O3/c15-11-6-5-8(7-10(11)14(16,17)18)19-13(21)9-3-1-2-4-12(9)20(22)23/h1-7H,(H,19,21). The average molecular weight is 328 g/mol. The second kappa shape index (κ2) is 6.03. The first-order valence-corrected chi connectivity index (χ1v) is 6.11. The Morgan fingerprint density at radius 3 is 2.39 bits per heavy atom. The van der Waals surface area contributed by atoms with Crippen LogP contribution in [0.2, 0.25) is 0 Å². The minimum absolute atomic E-state index is 0.324. The van der Waals surface area contributed by atoms with Crippen LogP contribution in [0.1, 0.15) is 15.9 Å². The summed E-state index contributed by atoms with van der Waals surface area (Å²) in [5.74, 6) is -2.46. The van der Waals surface area contributed by atoms with Crippen LogP contribution in [0.15, 0.2) is 42.5 Å². The van der Waals surface area contributed by atoms with Crippen molar-refractivity contribution in [1.82, 2.24) is 0 Å². The van der Waals surface area contributed by atoms with E-state index in [1.807, 2.05) is 0 Å². The summed E-state index contributed by atoms with van der Waals surface area (Å²) in [6, 6.07) is 6.85. The molecule has 0 aliphatic rings. The van der Waals surface area contributed by atoms with Crippen LogP contribution in [0.25, 0.3) is 0 Å². The summed E-state index contributed by atoms with van der Waals surface area (Å²) >= 11 is 0. The number of anilines is 1. The molecule has 0 radical (unpaired) electrons.